The highest BCUT2D eigenvalue weighted by atomic mass is 16.2. The van der Waals surface area contributed by atoms with Crippen LogP contribution in [0, 0.1) is 6.92 Å². The first-order chi connectivity index (χ1) is 15.0. The highest BCUT2D eigenvalue weighted by Crippen LogP contribution is 2.38. The van der Waals surface area contributed by atoms with Crippen LogP contribution in [0.1, 0.15) is 57.3 Å². The molecule has 1 aliphatic heterocycles. The highest BCUT2D eigenvalue weighted by molar-refractivity contribution is 6.21. The molecule has 1 aliphatic carbocycles. The van der Waals surface area contributed by atoms with Gasteiger partial charge in [0, 0.05) is 30.1 Å². The van der Waals surface area contributed by atoms with Crippen molar-refractivity contribution < 1.29 is 14.4 Å². The summed E-state index contributed by atoms with van der Waals surface area (Å²) in [6, 6.07) is 12.5. The summed E-state index contributed by atoms with van der Waals surface area (Å²) in [6.45, 7) is 1.90. The molecule has 156 valence electrons. The monoisotopic (exact) mass is 415 g/mol. The van der Waals surface area contributed by atoms with Crippen molar-refractivity contribution in [2.24, 2.45) is 0 Å². The van der Waals surface area contributed by atoms with E-state index < -0.39 is 0 Å². The lowest BCUT2D eigenvalue weighted by atomic mass is 10.1. The maximum absolute atomic E-state index is 12.5. The molecule has 31 heavy (non-hydrogen) atoms. The Morgan fingerprint density at radius 1 is 1.13 bits per heavy atom. The molecule has 3 aromatic rings. The Morgan fingerprint density at radius 3 is 2.74 bits per heavy atom. The summed E-state index contributed by atoms with van der Waals surface area (Å²) < 4.78 is 0. The third kappa shape index (κ3) is 3.72. The zero-order valence-corrected chi connectivity index (χ0v) is 17.0. The number of aryl methyl sites for hydroxylation is 1. The third-order valence-electron chi connectivity index (χ3n) is 5.56. The summed E-state index contributed by atoms with van der Waals surface area (Å²) in [5.74, 6) is 0.995. The van der Waals surface area contributed by atoms with Gasteiger partial charge in [0.25, 0.3) is 11.8 Å². The zero-order valence-electron chi connectivity index (χ0n) is 17.0. The maximum atomic E-state index is 12.5. The van der Waals surface area contributed by atoms with Crippen LogP contribution in [0.2, 0.25) is 0 Å². The number of imide groups is 1. The van der Waals surface area contributed by atoms with Crippen molar-refractivity contribution in [1.82, 2.24) is 20.1 Å². The van der Waals surface area contributed by atoms with Crippen LogP contribution in [0.3, 0.4) is 0 Å². The average Bonchev–Trinajstić information content (AvgIpc) is 3.44. The summed E-state index contributed by atoms with van der Waals surface area (Å²) in [7, 11) is 0. The molecular weight excluding hydrogens is 394 g/mol. The Morgan fingerprint density at radius 2 is 1.94 bits per heavy atom. The lowest BCUT2D eigenvalue weighted by Gasteiger charge is -2.13. The molecule has 0 unspecified atom stereocenters. The van der Waals surface area contributed by atoms with E-state index in [4.69, 9.17) is 0 Å². The smallest absolute Gasteiger partial charge is 0.261 e. The van der Waals surface area contributed by atoms with Crippen LogP contribution < -0.4 is 5.32 Å². The number of benzene rings is 2. The minimum atomic E-state index is -0.356. The number of hydrogen-bond acceptors (Lipinski definition) is 5. The van der Waals surface area contributed by atoms with Gasteiger partial charge in [-0.05, 0) is 44.0 Å². The van der Waals surface area contributed by atoms with Gasteiger partial charge in [-0.2, -0.15) is 5.10 Å². The number of nitrogens with one attached hydrogen (secondary N) is 2. The molecule has 0 saturated heterocycles. The number of rotatable bonds is 6. The average molecular weight is 415 g/mol. The lowest BCUT2D eigenvalue weighted by molar-refractivity contribution is -0.116. The van der Waals surface area contributed by atoms with E-state index in [1.54, 1.807) is 24.3 Å². The summed E-state index contributed by atoms with van der Waals surface area (Å²) in [5, 5.41) is 10.1. The molecule has 2 aromatic carbocycles. The predicted octanol–water partition coefficient (Wildman–Crippen LogP) is 3.28. The molecule has 1 fully saturated rings. The van der Waals surface area contributed by atoms with Crippen LogP contribution in [0.15, 0.2) is 42.5 Å². The van der Waals surface area contributed by atoms with Gasteiger partial charge in [0.05, 0.1) is 11.1 Å². The Balaban J connectivity index is 1.22. The molecule has 8 heteroatoms. The maximum Gasteiger partial charge on any atom is 0.261 e. The second kappa shape index (κ2) is 7.46. The van der Waals surface area contributed by atoms with E-state index in [-0.39, 0.29) is 30.7 Å². The van der Waals surface area contributed by atoms with Crippen LogP contribution >= 0.6 is 0 Å². The van der Waals surface area contributed by atoms with Crippen LogP contribution in [-0.4, -0.2) is 44.3 Å². The van der Waals surface area contributed by atoms with Gasteiger partial charge in [-0.1, -0.05) is 23.8 Å². The van der Waals surface area contributed by atoms with E-state index in [0.717, 1.165) is 34.7 Å². The Hall–Kier alpha value is -3.81. The van der Waals surface area contributed by atoms with E-state index in [0.29, 0.717) is 28.6 Å². The number of anilines is 1. The van der Waals surface area contributed by atoms with Gasteiger partial charge in [-0.15, -0.1) is 0 Å². The number of fused-ring (bicyclic) bond motifs is 1. The molecule has 2 N–H and O–H groups in total. The highest BCUT2D eigenvalue weighted by Gasteiger charge is 2.35. The zero-order chi connectivity index (χ0) is 21.5. The fraction of sp³-hybridized carbons (Fsp3) is 0.261. The molecule has 0 atom stereocenters. The van der Waals surface area contributed by atoms with Crippen molar-refractivity contribution in [2.45, 2.75) is 32.1 Å². The Labute approximate surface area is 178 Å². The third-order valence-corrected chi connectivity index (χ3v) is 5.56. The first kappa shape index (κ1) is 19.2. The molecule has 2 heterocycles. The van der Waals surface area contributed by atoms with E-state index in [9.17, 15) is 14.4 Å². The Kier molecular flexibility index (Phi) is 4.62. The van der Waals surface area contributed by atoms with E-state index in [1.165, 1.54) is 0 Å². The van der Waals surface area contributed by atoms with Gasteiger partial charge in [-0.3, -0.25) is 24.4 Å². The van der Waals surface area contributed by atoms with Gasteiger partial charge in [0.15, 0.2) is 5.82 Å². The van der Waals surface area contributed by atoms with Gasteiger partial charge in [0.2, 0.25) is 5.91 Å². The van der Waals surface area contributed by atoms with Crippen molar-refractivity contribution >= 4 is 23.4 Å². The van der Waals surface area contributed by atoms with Gasteiger partial charge >= 0.3 is 0 Å². The number of amides is 3. The van der Waals surface area contributed by atoms with Crippen molar-refractivity contribution in [3.63, 3.8) is 0 Å². The minimum absolute atomic E-state index is 0.0150. The fourth-order valence-corrected chi connectivity index (χ4v) is 3.72. The first-order valence-corrected chi connectivity index (χ1v) is 10.3. The number of carbonyl (C=O) groups excluding carboxylic acids is 3. The molecule has 0 radical (unpaired) electrons. The van der Waals surface area contributed by atoms with Gasteiger partial charge in [0.1, 0.15) is 5.82 Å². The number of nitrogens with zero attached hydrogens (tertiary/aromatic N) is 3. The number of carbonyl (C=O) groups is 3. The number of H-pyrrole nitrogens is 1. The molecule has 0 spiro atoms. The molecule has 1 aromatic heterocycles. The second-order valence-electron chi connectivity index (χ2n) is 8.01. The summed E-state index contributed by atoms with van der Waals surface area (Å²) in [6.07, 6.45) is 2.29. The molecular formula is C23H21N5O3. The van der Waals surface area contributed by atoms with Crippen LogP contribution in [0.4, 0.5) is 5.69 Å². The van der Waals surface area contributed by atoms with Crippen molar-refractivity contribution in [2.75, 3.05) is 11.9 Å². The van der Waals surface area contributed by atoms with E-state index in [1.807, 2.05) is 25.1 Å². The Bertz CT molecular complexity index is 1210. The molecule has 2 aliphatic rings. The van der Waals surface area contributed by atoms with E-state index >= 15 is 0 Å². The van der Waals surface area contributed by atoms with Crippen molar-refractivity contribution in [3.05, 3.63) is 65.0 Å². The molecule has 1 saturated carbocycles. The first-order valence-electron chi connectivity index (χ1n) is 10.3. The SMILES string of the molecule is Cc1ccc2c(c1)C(=O)N(CCC(=O)Nc1cccc(-c3n[nH]c(C4CC4)n3)c1)C2=O. The summed E-state index contributed by atoms with van der Waals surface area (Å²) in [5.41, 5.74) is 3.11. The normalized spacial score (nSPS) is 15.3. The van der Waals surface area contributed by atoms with Crippen molar-refractivity contribution in [1.29, 1.82) is 0 Å². The molecule has 8 nitrogen and oxygen atoms in total. The van der Waals surface area contributed by atoms with E-state index in [2.05, 4.69) is 20.5 Å². The van der Waals surface area contributed by atoms with Crippen LogP contribution in [-0.2, 0) is 4.79 Å². The van der Waals surface area contributed by atoms with Crippen LogP contribution in [0.25, 0.3) is 11.4 Å². The lowest BCUT2D eigenvalue weighted by Crippen LogP contribution is -2.32. The van der Waals surface area contributed by atoms with Gasteiger partial charge < -0.3 is 5.32 Å². The largest absolute Gasteiger partial charge is 0.326 e. The molecule has 3 amide bonds. The van der Waals surface area contributed by atoms with Crippen LogP contribution in [0.5, 0.6) is 0 Å². The van der Waals surface area contributed by atoms with Crippen molar-refractivity contribution in [3.8, 4) is 11.4 Å². The fourth-order valence-electron chi connectivity index (χ4n) is 3.72. The van der Waals surface area contributed by atoms with Gasteiger partial charge in [-0.25, -0.2) is 4.98 Å². The predicted molar refractivity (Wildman–Crippen MR) is 114 cm³/mol. The number of aromatic amines is 1. The summed E-state index contributed by atoms with van der Waals surface area (Å²) >= 11 is 0. The minimum Gasteiger partial charge on any atom is -0.326 e. The molecule has 5 rings (SSSR count). The second-order valence-corrected chi connectivity index (χ2v) is 8.01. The summed E-state index contributed by atoms with van der Waals surface area (Å²) in [4.78, 5) is 43.2. The number of hydrogen-bond donors (Lipinski definition) is 2. The standard InChI is InChI=1S/C23H21N5O3/c1-13-5-8-17-18(11-13)23(31)28(22(17)30)10-9-19(29)24-16-4-2-3-15(12-16)21-25-20(26-27-21)14-6-7-14/h2-5,8,11-12,14H,6-7,9-10H2,1H3,(H,24,29)(H,25,26,27). The topological polar surface area (TPSA) is 108 Å². The quantitative estimate of drug-likeness (QED) is 0.601. The molecule has 0 bridgehead atoms. The number of aromatic nitrogens is 3.